The maximum Gasteiger partial charge on any atom is 1.00 e. The van der Waals surface area contributed by atoms with Crippen molar-refractivity contribution in [3.63, 3.8) is 0 Å². The third-order valence-electron chi connectivity index (χ3n) is 3.40. The Morgan fingerprint density at radius 2 is 0.600 bits per heavy atom. The van der Waals surface area contributed by atoms with Gasteiger partial charge in [0, 0.05) is 0 Å². The van der Waals surface area contributed by atoms with Crippen LogP contribution >= 0.6 is 0 Å². The summed E-state index contributed by atoms with van der Waals surface area (Å²) in [7, 11) is 0. The molecule has 0 unspecified atom stereocenters. The van der Waals surface area contributed by atoms with Crippen LogP contribution in [0.5, 0.6) is 0 Å². The van der Waals surface area contributed by atoms with Crippen LogP contribution in [0.3, 0.4) is 0 Å². The number of benzene rings is 2. The molecule has 0 N–H and O–H groups in total. The van der Waals surface area contributed by atoms with E-state index in [0.29, 0.717) is 0 Å². The average Bonchev–Trinajstić information content (AvgIpc) is 2.51. The first-order chi connectivity index (χ1) is 12.9. The molecule has 0 bridgehead atoms. The summed E-state index contributed by atoms with van der Waals surface area (Å²) in [5.41, 5.74) is -9.55. The van der Waals surface area contributed by atoms with E-state index in [0.717, 1.165) is 0 Å². The van der Waals surface area contributed by atoms with E-state index in [1.54, 1.807) is 0 Å². The summed E-state index contributed by atoms with van der Waals surface area (Å²) in [6.45, 7) is 0. The van der Waals surface area contributed by atoms with E-state index in [-0.39, 0.29) is 87.8 Å². The second kappa shape index (κ2) is 8.88. The first kappa shape index (κ1) is 27.1. The molecule has 2 rings (SSSR count). The number of hydrogen-bond donors (Lipinski definition) is 0. The number of nitrogens with zero attached hydrogens (tertiary/aromatic N) is 1. The van der Waals surface area contributed by atoms with E-state index in [1.807, 2.05) is 0 Å². The summed E-state index contributed by atoms with van der Waals surface area (Å²) in [4.78, 5) is 0. The van der Waals surface area contributed by atoms with Crippen LogP contribution in [0.1, 0.15) is 22.3 Å². The Kier molecular flexibility index (Phi) is 8.01. The maximum absolute atomic E-state index is 12.8. The summed E-state index contributed by atoms with van der Waals surface area (Å²) in [6, 6.07) is -0.227. The van der Waals surface area contributed by atoms with Crippen molar-refractivity contribution < 1.29 is 104 Å². The zero-order valence-corrected chi connectivity index (χ0v) is 17.6. The van der Waals surface area contributed by atoms with Gasteiger partial charge in [0.1, 0.15) is 0 Å². The average molecular weight is 479 g/mol. The van der Waals surface area contributed by atoms with Crippen molar-refractivity contribution in [1.29, 1.82) is 0 Å². The molecule has 0 aliphatic rings. The molecule has 0 aromatic heterocycles. The molecule has 0 saturated carbocycles. The molecule has 0 radical (unpaired) electrons. The predicted octanol–water partition coefficient (Wildman–Crippen LogP) is 5.10. The van der Waals surface area contributed by atoms with Gasteiger partial charge in [-0.05, 0) is 12.1 Å². The smallest absolute Gasteiger partial charge is 0.658 e. The summed E-state index contributed by atoms with van der Waals surface area (Å²) in [6.07, 6.45) is -21.1. The maximum atomic E-state index is 12.8. The molecule has 0 heterocycles. The Morgan fingerprint density at radius 1 is 0.400 bits per heavy atom. The second-order valence-electron chi connectivity index (χ2n) is 5.64. The topological polar surface area (TPSA) is 14.1 Å². The van der Waals surface area contributed by atoms with Crippen LogP contribution in [-0.4, -0.2) is 0 Å². The fourth-order valence-electron chi connectivity index (χ4n) is 2.16. The zero-order valence-electron chi connectivity index (χ0n) is 14.4. The molecule has 1 nitrogen and oxygen atoms in total. The van der Waals surface area contributed by atoms with Crippen LogP contribution in [0, 0.1) is 0 Å². The van der Waals surface area contributed by atoms with Gasteiger partial charge in [0.15, 0.2) is 0 Å². The molecule has 0 saturated heterocycles. The van der Waals surface area contributed by atoms with Gasteiger partial charge >= 0.3 is 76.1 Å². The Bertz CT molecular complexity index is 755. The number of alkyl halides is 12. The summed E-state index contributed by atoms with van der Waals surface area (Å²) < 4.78 is 154. The Balaban J connectivity index is 0.00000450. The van der Waals surface area contributed by atoms with Gasteiger partial charge in [-0.15, -0.1) is 11.4 Å². The van der Waals surface area contributed by atoms with E-state index < -0.39 is 58.3 Å². The first-order valence-electron chi connectivity index (χ1n) is 7.18. The summed E-state index contributed by atoms with van der Waals surface area (Å²) in [5, 5.41) is 3.14. The quantitative estimate of drug-likeness (QED) is 0.421. The van der Waals surface area contributed by atoms with E-state index in [1.165, 1.54) is 0 Å². The van der Waals surface area contributed by atoms with Crippen molar-refractivity contribution in [2.45, 2.75) is 24.7 Å². The van der Waals surface area contributed by atoms with Crippen LogP contribution in [0.4, 0.5) is 64.1 Å². The summed E-state index contributed by atoms with van der Waals surface area (Å²) in [5.74, 6) is 0. The molecule has 160 valence electrons. The van der Waals surface area contributed by atoms with Gasteiger partial charge in [-0.3, -0.25) is 0 Å². The zero-order chi connectivity index (χ0) is 22.4. The molecule has 0 aliphatic carbocycles. The van der Waals surface area contributed by atoms with Crippen molar-refractivity contribution in [2.24, 2.45) is 0 Å². The van der Waals surface area contributed by atoms with Crippen molar-refractivity contribution >= 4 is 11.4 Å². The van der Waals surface area contributed by atoms with Crippen molar-refractivity contribution in [2.75, 3.05) is 0 Å². The molecule has 2 aromatic carbocycles. The predicted molar refractivity (Wildman–Crippen MR) is 75.6 cm³/mol. The minimum absolute atomic E-state index is 0. The van der Waals surface area contributed by atoms with Crippen molar-refractivity contribution in [3.05, 3.63) is 64.0 Å². The van der Waals surface area contributed by atoms with Gasteiger partial charge < -0.3 is 5.32 Å². The standard InChI is InChI=1S/C16H6F12N.K/c17-13(18,19)7-1-8(14(20,21)22)4-11(3-7)29-12-5-9(15(23,24)25)2-10(6-12)16(26,27)28;/h1-6H;/q-1;+1. The van der Waals surface area contributed by atoms with Crippen LogP contribution < -0.4 is 51.4 Å². The molecular formula is C16H6F12KN. The third-order valence-corrected chi connectivity index (χ3v) is 3.40. The first-order valence-corrected chi connectivity index (χ1v) is 7.18. The molecule has 0 fully saturated rings. The summed E-state index contributed by atoms with van der Waals surface area (Å²) >= 11 is 0. The largest absolute Gasteiger partial charge is 1.00 e. The Hall–Kier alpha value is -0.964. The molecule has 0 atom stereocenters. The minimum Gasteiger partial charge on any atom is -0.658 e. The molecule has 2 aromatic rings. The van der Waals surface area contributed by atoms with Gasteiger partial charge in [-0.2, -0.15) is 52.7 Å². The van der Waals surface area contributed by atoms with Gasteiger partial charge in [0.25, 0.3) is 0 Å². The number of rotatable bonds is 2. The van der Waals surface area contributed by atoms with Crippen LogP contribution in [0.25, 0.3) is 5.32 Å². The van der Waals surface area contributed by atoms with Gasteiger partial charge in [-0.1, -0.05) is 24.3 Å². The van der Waals surface area contributed by atoms with E-state index >= 15 is 0 Å². The Labute approximate surface area is 202 Å². The second-order valence-corrected chi connectivity index (χ2v) is 5.64. The SMILES string of the molecule is FC(F)(F)c1cc([N-]c2cc(C(F)(F)F)cc(C(F)(F)F)c2)cc(C(F)(F)F)c1.[K+]. The molecule has 0 amide bonds. The Morgan fingerprint density at radius 3 is 0.767 bits per heavy atom. The van der Waals surface area contributed by atoms with Crippen LogP contribution in [0.2, 0.25) is 0 Å². The van der Waals surface area contributed by atoms with E-state index in [4.69, 9.17) is 0 Å². The van der Waals surface area contributed by atoms with E-state index in [2.05, 4.69) is 5.32 Å². The minimum atomic E-state index is -5.27. The van der Waals surface area contributed by atoms with Crippen molar-refractivity contribution in [1.82, 2.24) is 0 Å². The number of halogens is 12. The third kappa shape index (κ3) is 7.04. The van der Waals surface area contributed by atoms with Crippen molar-refractivity contribution in [3.8, 4) is 0 Å². The normalized spacial score (nSPS) is 13.1. The molecule has 0 spiro atoms. The molecular weight excluding hydrogens is 473 g/mol. The van der Waals surface area contributed by atoms with Gasteiger partial charge in [-0.25, -0.2) is 0 Å². The number of hydrogen-bond acceptors (Lipinski definition) is 0. The van der Waals surface area contributed by atoms with E-state index in [9.17, 15) is 52.7 Å². The fraction of sp³-hybridized carbons (Fsp3) is 0.250. The molecule has 30 heavy (non-hydrogen) atoms. The van der Waals surface area contributed by atoms with Gasteiger partial charge in [0.2, 0.25) is 0 Å². The fourth-order valence-corrected chi connectivity index (χ4v) is 2.16. The van der Waals surface area contributed by atoms with Gasteiger partial charge in [0.05, 0.1) is 22.3 Å². The van der Waals surface area contributed by atoms with Crippen LogP contribution in [0.15, 0.2) is 36.4 Å². The monoisotopic (exact) mass is 479 g/mol. The molecule has 14 heteroatoms. The molecule has 0 aliphatic heterocycles. The van der Waals surface area contributed by atoms with Crippen LogP contribution in [-0.2, 0) is 24.7 Å².